The van der Waals surface area contributed by atoms with E-state index in [1.54, 1.807) is 0 Å². The summed E-state index contributed by atoms with van der Waals surface area (Å²) in [7, 11) is 0. The second kappa shape index (κ2) is 7.07. The minimum absolute atomic E-state index is 0.147. The van der Waals surface area contributed by atoms with Crippen molar-refractivity contribution in [1.82, 2.24) is 20.9 Å². The Morgan fingerprint density at radius 2 is 1.74 bits per heavy atom. The molecule has 2 saturated heterocycles. The second-order valence-corrected chi connectivity index (χ2v) is 7.32. The molecule has 0 aromatic rings. The number of amides is 3. The molecule has 3 N–H and O–H groups in total. The van der Waals surface area contributed by atoms with Crippen LogP contribution < -0.4 is 16.0 Å². The second-order valence-electron chi connectivity index (χ2n) is 7.32. The van der Waals surface area contributed by atoms with E-state index in [-0.39, 0.29) is 11.9 Å². The van der Waals surface area contributed by atoms with Gasteiger partial charge in [0.15, 0.2) is 0 Å². The van der Waals surface area contributed by atoms with Crippen LogP contribution in [0.15, 0.2) is 0 Å². The molecule has 130 valence electrons. The van der Waals surface area contributed by atoms with Gasteiger partial charge in [-0.25, -0.2) is 4.79 Å². The number of nitrogens with zero attached hydrogens (tertiary/aromatic N) is 1. The number of hydrogen-bond acceptors (Lipinski definition) is 3. The fourth-order valence-corrected chi connectivity index (χ4v) is 4.52. The molecule has 0 bridgehead atoms. The molecule has 3 fully saturated rings. The summed E-state index contributed by atoms with van der Waals surface area (Å²) in [5.74, 6) is 1.57. The predicted molar refractivity (Wildman–Crippen MR) is 89.1 cm³/mol. The molecule has 3 aliphatic rings. The van der Waals surface area contributed by atoms with E-state index < -0.39 is 5.54 Å². The highest BCUT2D eigenvalue weighted by Gasteiger charge is 2.45. The van der Waals surface area contributed by atoms with Gasteiger partial charge in [-0.15, -0.1) is 0 Å². The first-order valence-corrected chi connectivity index (χ1v) is 9.21. The van der Waals surface area contributed by atoms with Crippen LogP contribution in [-0.4, -0.2) is 55.1 Å². The Labute approximate surface area is 138 Å². The van der Waals surface area contributed by atoms with Crippen molar-refractivity contribution in [3.63, 3.8) is 0 Å². The highest BCUT2D eigenvalue weighted by atomic mass is 16.2. The van der Waals surface area contributed by atoms with Crippen molar-refractivity contribution in [2.45, 2.75) is 51.0 Å². The van der Waals surface area contributed by atoms with E-state index in [0.717, 1.165) is 64.7 Å². The maximum absolute atomic E-state index is 13.2. The first kappa shape index (κ1) is 16.6. The van der Waals surface area contributed by atoms with Crippen LogP contribution in [0.4, 0.5) is 4.79 Å². The Bertz CT molecular complexity index is 434. The SMILES string of the molecule is CCNC(=O)NC1(C(=O)N2CC[C@@H]3CNC[C@@H]3CC2)CCCC1. The number of carbonyl (C=O) groups excluding carboxylic acids is 2. The van der Waals surface area contributed by atoms with Crippen LogP contribution in [0.25, 0.3) is 0 Å². The summed E-state index contributed by atoms with van der Waals surface area (Å²) in [6.45, 7) is 6.32. The zero-order chi connectivity index (χ0) is 16.3. The molecular formula is C17H30N4O2. The molecule has 0 aromatic carbocycles. The van der Waals surface area contributed by atoms with Crippen molar-refractivity contribution in [3.05, 3.63) is 0 Å². The predicted octanol–water partition coefficient (Wildman–Crippen LogP) is 1.08. The summed E-state index contributed by atoms with van der Waals surface area (Å²) in [4.78, 5) is 27.2. The highest BCUT2D eigenvalue weighted by molar-refractivity contribution is 5.91. The summed E-state index contributed by atoms with van der Waals surface area (Å²) < 4.78 is 0. The Morgan fingerprint density at radius 3 is 2.30 bits per heavy atom. The highest BCUT2D eigenvalue weighted by Crippen LogP contribution is 2.34. The maximum Gasteiger partial charge on any atom is 0.315 e. The average Bonchev–Trinajstić information content (AvgIpc) is 3.13. The largest absolute Gasteiger partial charge is 0.341 e. The molecule has 3 rings (SSSR count). The molecule has 2 aliphatic heterocycles. The summed E-state index contributed by atoms with van der Waals surface area (Å²) in [5, 5.41) is 9.25. The Hall–Kier alpha value is -1.30. The standard InChI is InChI=1S/C17H30N4O2/c1-2-19-16(23)20-17(7-3-4-8-17)15(22)21-9-5-13-11-18-12-14(13)6-10-21/h13-14,18H,2-12H2,1H3,(H2,19,20,23)/t13-,14+. The summed E-state index contributed by atoms with van der Waals surface area (Å²) in [5.41, 5.74) is -0.670. The first-order valence-electron chi connectivity index (χ1n) is 9.21. The number of fused-ring (bicyclic) bond motifs is 1. The van der Waals surface area contributed by atoms with Crippen LogP contribution in [0.3, 0.4) is 0 Å². The number of nitrogens with one attached hydrogen (secondary N) is 3. The van der Waals surface area contributed by atoms with Gasteiger partial charge >= 0.3 is 6.03 Å². The minimum Gasteiger partial charge on any atom is -0.341 e. The van der Waals surface area contributed by atoms with Crippen LogP contribution in [0, 0.1) is 11.8 Å². The third-order valence-electron chi connectivity index (χ3n) is 5.86. The molecule has 1 aliphatic carbocycles. The van der Waals surface area contributed by atoms with Gasteiger partial charge in [0.25, 0.3) is 0 Å². The monoisotopic (exact) mass is 322 g/mol. The molecule has 2 atom stereocenters. The van der Waals surface area contributed by atoms with Gasteiger partial charge in [-0.1, -0.05) is 12.8 Å². The summed E-state index contributed by atoms with van der Waals surface area (Å²) in [6.07, 6.45) is 5.74. The van der Waals surface area contributed by atoms with Gasteiger partial charge in [-0.2, -0.15) is 0 Å². The van der Waals surface area contributed by atoms with Crippen molar-refractivity contribution < 1.29 is 9.59 Å². The van der Waals surface area contributed by atoms with Gasteiger partial charge in [-0.3, -0.25) is 4.79 Å². The van der Waals surface area contributed by atoms with Gasteiger partial charge in [0.05, 0.1) is 0 Å². The van der Waals surface area contributed by atoms with E-state index in [2.05, 4.69) is 16.0 Å². The first-order chi connectivity index (χ1) is 11.1. The normalized spacial score (nSPS) is 29.7. The number of carbonyl (C=O) groups is 2. The fraction of sp³-hybridized carbons (Fsp3) is 0.882. The van der Waals surface area contributed by atoms with E-state index in [4.69, 9.17) is 0 Å². The van der Waals surface area contributed by atoms with Crippen molar-refractivity contribution in [1.29, 1.82) is 0 Å². The summed E-state index contributed by atoms with van der Waals surface area (Å²) in [6, 6.07) is -0.210. The van der Waals surface area contributed by atoms with E-state index in [1.807, 2.05) is 11.8 Å². The average molecular weight is 322 g/mol. The Kier molecular flexibility index (Phi) is 5.09. The molecule has 3 amide bonds. The zero-order valence-electron chi connectivity index (χ0n) is 14.2. The van der Waals surface area contributed by atoms with Gasteiger partial charge in [0.1, 0.15) is 5.54 Å². The molecule has 0 unspecified atom stereocenters. The minimum atomic E-state index is -0.670. The van der Waals surface area contributed by atoms with E-state index in [0.29, 0.717) is 18.4 Å². The van der Waals surface area contributed by atoms with Crippen LogP contribution in [0.1, 0.15) is 45.4 Å². The van der Waals surface area contributed by atoms with Crippen molar-refractivity contribution >= 4 is 11.9 Å². The molecule has 6 nitrogen and oxygen atoms in total. The van der Waals surface area contributed by atoms with E-state index in [1.165, 1.54) is 0 Å². The smallest absolute Gasteiger partial charge is 0.315 e. The third-order valence-corrected chi connectivity index (χ3v) is 5.86. The number of urea groups is 1. The van der Waals surface area contributed by atoms with E-state index in [9.17, 15) is 9.59 Å². The van der Waals surface area contributed by atoms with Crippen LogP contribution in [-0.2, 0) is 4.79 Å². The van der Waals surface area contributed by atoms with Crippen molar-refractivity contribution in [2.75, 3.05) is 32.7 Å². The number of likely N-dealkylation sites (tertiary alicyclic amines) is 1. The molecule has 0 radical (unpaired) electrons. The van der Waals surface area contributed by atoms with Gasteiger partial charge in [0.2, 0.25) is 5.91 Å². The molecule has 0 spiro atoms. The lowest BCUT2D eigenvalue weighted by atomic mass is 9.92. The molecule has 23 heavy (non-hydrogen) atoms. The maximum atomic E-state index is 13.2. The van der Waals surface area contributed by atoms with Crippen LogP contribution in [0.2, 0.25) is 0 Å². The lowest BCUT2D eigenvalue weighted by Crippen LogP contribution is -2.60. The van der Waals surface area contributed by atoms with Crippen molar-refractivity contribution in [2.24, 2.45) is 11.8 Å². The lowest BCUT2D eigenvalue weighted by molar-refractivity contribution is -0.137. The molecular weight excluding hydrogens is 292 g/mol. The quantitative estimate of drug-likeness (QED) is 0.728. The Morgan fingerprint density at radius 1 is 1.13 bits per heavy atom. The van der Waals surface area contributed by atoms with Crippen LogP contribution >= 0.6 is 0 Å². The van der Waals surface area contributed by atoms with Gasteiger partial charge in [0, 0.05) is 19.6 Å². The third kappa shape index (κ3) is 3.47. The zero-order valence-corrected chi connectivity index (χ0v) is 14.2. The van der Waals surface area contributed by atoms with Crippen LogP contribution in [0.5, 0.6) is 0 Å². The molecule has 2 heterocycles. The fourth-order valence-electron chi connectivity index (χ4n) is 4.52. The topological polar surface area (TPSA) is 73.5 Å². The van der Waals surface area contributed by atoms with Gasteiger partial charge < -0.3 is 20.9 Å². The summed E-state index contributed by atoms with van der Waals surface area (Å²) >= 11 is 0. The number of rotatable bonds is 3. The molecule has 6 heteroatoms. The Balaban J connectivity index is 1.67. The lowest BCUT2D eigenvalue weighted by Gasteiger charge is -2.34. The molecule has 0 aromatic heterocycles. The number of hydrogen-bond donors (Lipinski definition) is 3. The molecule has 1 saturated carbocycles. The van der Waals surface area contributed by atoms with Crippen molar-refractivity contribution in [3.8, 4) is 0 Å². The van der Waals surface area contributed by atoms with E-state index >= 15 is 0 Å². The van der Waals surface area contributed by atoms with Gasteiger partial charge in [-0.05, 0) is 57.5 Å².